The highest BCUT2D eigenvalue weighted by atomic mass is 16.3. The molecule has 0 fully saturated rings. The molecule has 64 valence electrons. The number of allylic oxidation sites excluding steroid dienone is 2. The Morgan fingerprint density at radius 2 is 2.36 bits per heavy atom. The highest BCUT2D eigenvalue weighted by Gasteiger charge is 2.07. The summed E-state index contributed by atoms with van der Waals surface area (Å²) in [4.78, 5) is 0. The summed E-state index contributed by atoms with van der Waals surface area (Å²) in [7, 11) is 0. The Labute approximate surface area is 68.3 Å². The van der Waals surface area contributed by atoms with Crippen LogP contribution in [0.25, 0.3) is 0 Å². The van der Waals surface area contributed by atoms with Gasteiger partial charge in [0.1, 0.15) is 0 Å². The highest BCUT2D eigenvalue weighted by Crippen LogP contribution is 2.16. The second-order valence-electron chi connectivity index (χ2n) is 3.08. The van der Waals surface area contributed by atoms with Crippen molar-refractivity contribution >= 4 is 0 Å². The maximum Gasteiger partial charge on any atom is 0.0555 e. The van der Waals surface area contributed by atoms with Gasteiger partial charge in [-0.15, -0.1) is 0 Å². The van der Waals surface area contributed by atoms with Crippen LogP contribution in [0.5, 0.6) is 0 Å². The van der Waals surface area contributed by atoms with Crippen molar-refractivity contribution in [3.63, 3.8) is 0 Å². The SMILES string of the molecule is OCCNC[C@H]1CC=CCC1. The van der Waals surface area contributed by atoms with Crippen LogP contribution in [0.3, 0.4) is 0 Å². The summed E-state index contributed by atoms with van der Waals surface area (Å²) in [6, 6.07) is 0. The van der Waals surface area contributed by atoms with E-state index < -0.39 is 0 Å². The lowest BCUT2D eigenvalue weighted by Gasteiger charge is -2.17. The molecule has 0 aromatic carbocycles. The largest absolute Gasteiger partial charge is 0.395 e. The topological polar surface area (TPSA) is 32.3 Å². The highest BCUT2D eigenvalue weighted by molar-refractivity contribution is 4.90. The minimum absolute atomic E-state index is 0.253. The second kappa shape index (κ2) is 5.33. The monoisotopic (exact) mass is 155 g/mol. The van der Waals surface area contributed by atoms with Crippen molar-refractivity contribution in [2.45, 2.75) is 19.3 Å². The number of nitrogens with one attached hydrogen (secondary N) is 1. The van der Waals surface area contributed by atoms with Gasteiger partial charge in [-0.05, 0) is 31.7 Å². The smallest absolute Gasteiger partial charge is 0.0555 e. The molecule has 0 saturated carbocycles. The summed E-state index contributed by atoms with van der Waals surface area (Å²) in [5, 5.41) is 11.7. The molecule has 0 aromatic heterocycles. The first-order valence-electron chi connectivity index (χ1n) is 4.40. The molecule has 1 atom stereocenters. The van der Waals surface area contributed by atoms with Crippen LogP contribution in [-0.2, 0) is 0 Å². The van der Waals surface area contributed by atoms with Crippen molar-refractivity contribution in [1.29, 1.82) is 0 Å². The van der Waals surface area contributed by atoms with Gasteiger partial charge < -0.3 is 10.4 Å². The van der Waals surface area contributed by atoms with E-state index in [1.807, 2.05) is 0 Å². The van der Waals surface area contributed by atoms with E-state index in [9.17, 15) is 0 Å². The Bertz CT molecular complexity index is 123. The summed E-state index contributed by atoms with van der Waals surface area (Å²) in [5.41, 5.74) is 0. The van der Waals surface area contributed by atoms with Gasteiger partial charge in [0.25, 0.3) is 0 Å². The van der Waals surface area contributed by atoms with Crippen LogP contribution in [0.15, 0.2) is 12.2 Å². The zero-order valence-corrected chi connectivity index (χ0v) is 6.92. The molecular formula is C9H17NO. The number of hydrogen-bond acceptors (Lipinski definition) is 2. The molecule has 0 saturated heterocycles. The van der Waals surface area contributed by atoms with Crippen LogP contribution >= 0.6 is 0 Å². The molecule has 0 radical (unpaired) electrons. The third-order valence-corrected chi connectivity index (χ3v) is 2.10. The number of rotatable bonds is 4. The Morgan fingerprint density at radius 3 is 3.00 bits per heavy atom. The molecule has 0 heterocycles. The molecular weight excluding hydrogens is 138 g/mol. The fourth-order valence-electron chi connectivity index (χ4n) is 1.43. The summed E-state index contributed by atoms with van der Waals surface area (Å²) >= 11 is 0. The van der Waals surface area contributed by atoms with Gasteiger partial charge >= 0.3 is 0 Å². The molecule has 0 spiro atoms. The van der Waals surface area contributed by atoms with Crippen molar-refractivity contribution in [3.8, 4) is 0 Å². The van der Waals surface area contributed by atoms with Crippen LogP contribution in [0.1, 0.15) is 19.3 Å². The van der Waals surface area contributed by atoms with E-state index in [0.717, 1.165) is 19.0 Å². The number of hydrogen-bond donors (Lipinski definition) is 2. The van der Waals surface area contributed by atoms with Crippen LogP contribution in [-0.4, -0.2) is 24.8 Å². The first-order chi connectivity index (χ1) is 5.43. The quantitative estimate of drug-likeness (QED) is 0.467. The lowest BCUT2D eigenvalue weighted by molar-refractivity contribution is 0.286. The normalized spacial score (nSPS) is 23.9. The van der Waals surface area contributed by atoms with Crippen LogP contribution in [0, 0.1) is 5.92 Å². The van der Waals surface area contributed by atoms with Gasteiger partial charge in [-0.25, -0.2) is 0 Å². The third-order valence-electron chi connectivity index (χ3n) is 2.10. The fraction of sp³-hybridized carbons (Fsp3) is 0.778. The molecule has 2 N–H and O–H groups in total. The zero-order valence-electron chi connectivity index (χ0n) is 6.92. The first kappa shape index (κ1) is 8.75. The molecule has 0 unspecified atom stereocenters. The molecule has 1 rings (SSSR count). The molecule has 1 aliphatic rings. The summed E-state index contributed by atoms with van der Waals surface area (Å²) in [5.74, 6) is 0.798. The van der Waals surface area contributed by atoms with Crippen molar-refractivity contribution in [1.82, 2.24) is 5.32 Å². The molecule has 0 amide bonds. The Kier molecular flexibility index (Phi) is 4.24. The summed E-state index contributed by atoms with van der Waals surface area (Å²) in [6.45, 7) is 2.05. The molecule has 2 heteroatoms. The van der Waals surface area contributed by atoms with Crippen molar-refractivity contribution in [3.05, 3.63) is 12.2 Å². The molecule has 0 aromatic rings. The van der Waals surface area contributed by atoms with Gasteiger partial charge in [-0.3, -0.25) is 0 Å². The maximum absolute atomic E-state index is 8.52. The molecule has 11 heavy (non-hydrogen) atoms. The molecule has 0 bridgehead atoms. The van der Waals surface area contributed by atoms with E-state index in [1.165, 1.54) is 19.3 Å². The predicted molar refractivity (Wildman–Crippen MR) is 46.4 cm³/mol. The van der Waals surface area contributed by atoms with E-state index >= 15 is 0 Å². The van der Waals surface area contributed by atoms with Gasteiger partial charge in [-0.2, -0.15) is 0 Å². The maximum atomic E-state index is 8.52. The van der Waals surface area contributed by atoms with E-state index in [2.05, 4.69) is 17.5 Å². The van der Waals surface area contributed by atoms with E-state index in [1.54, 1.807) is 0 Å². The minimum atomic E-state index is 0.253. The summed E-state index contributed by atoms with van der Waals surface area (Å²) in [6.07, 6.45) is 8.25. The minimum Gasteiger partial charge on any atom is -0.395 e. The Balaban J connectivity index is 2.02. The zero-order chi connectivity index (χ0) is 7.94. The van der Waals surface area contributed by atoms with Gasteiger partial charge in [0.2, 0.25) is 0 Å². The van der Waals surface area contributed by atoms with E-state index in [0.29, 0.717) is 0 Å². The van der Waals surface area contributed by atoms with Gasteiger partial charge in [0.05, 0.1) is 6.61 Å². The molecule has 2 nitrogen and oxygen atoms in total. The van der Waals surface area contributed by atoms with Crippen LogP contribution < -0.4 is 5.32 Å². The third kappa shape index (κ3) is 3.54. The number of aliphatic hydroxyl groups is 1. The average Bonchev–Trinajstić information content (AvgIpc) is 2.07. The van der Waals surface area contributed by atoms with E-state index in [4.69, 9.17) is 5.11 Å². The average molecular weight is 155 g/mol. The van der Waals surface area contributed by atoms with Gasteiger partial charge in [0.15, 0.2) is 0 Å². The lowest BCUT2D eigenvalue weighted by Crippen LogP contribution is -2.25. The van der Waals surface area contributed by atoms with Crippen molar-refractivity contribution in [2.75, 3.05) is 19.7 Å². The number of aliphatic hydroxyl groups excluding tert-OH is 1. The summed E-state index contributed by atoms with van der Waals surface area (Å²) < 4.78 is 0. The van der Waals surface area contributed by atoms with Crippen molar-refractivity contribution < 1.29 is 5.11 Å². The van der Waals surface area contributed by atoms with Crippen LogP contribution in [0.2, 0.25) is 0 Å². The Morgan fingerprint density at radius 1 is 1.45 bits per heavy atom. The molecule has 1 aliphatic carbocycles. The van der Waals surface area contributed by atoms with E-state index in [-0.39, 0.29) is 6.61 Å². The first-order valence-corrected chi connectivity index (χ1v) is 4.40. The lowest BCUT2D eigenvalue weighted by atomic mass is 9.94. The Hall–Kier alpha value is -0.340. The second-order valence-corrected chi connectivity index (χ2v) is 3.08. The fourth-order valence-corrected chi connectivity index (χ4v) is 1.43. The van der Waals surface area contributed by atoms with Crippen LogP contribution in [0.4, 0.5) is 0 Å². The predicted octanol–water partition coefficient (Wildman–Crippen LogP) is 0.925. The molecule has 0 aliphatic heterocycles. The van der Waals surface area contributed by atoms with Gasteiger partial charge in [0, 0.05) is 6.54 Å². The van der Waals surface area contributed by atoms with Gasteiger partial charge in [-0.1, -0.05) is 12.2 Å². The standard InChI is InChI=1S/C9H17NO/c11-7-6-10-8-9-4-2-1-3-5-9/h1-2,9-11H,3-8H2/t9-/m0/s1. The van der Waals surface area contributed by atoms with Crippen molar-refractivity contribution in [2.24, 2.45) is 5.92 Å².